The fourth-order valence-electron chi connectivity index (χ4n) is 2.83. The molecule has 146 valence electrons. The number of fused-ring (bicyclic) bond motifs is 1. The molecule has 0 bridgehead atoms. The number of aromatic nitrogens is 5. The second kappa shape index (κ2) is 7.50. The molecule has 0 fully saturated rings. The van der Waals surface area contributed by atoms with Crippen LogP contribution in [0.4, 0.5) is 22.0 Å². The number of hydrogen-bond acceptors (Lipinski definition) is 8. The van der Waals surface area contributed by atoms with Gasteiger partial charge in [0.15, 0.2) is 5.82 Å². The summed E-state index contributed by atoms with van der Waals surface area (Å²) in [4.78, 5) is 29.3. The summed E-state index contributed by atoms with van der Waals surface area (Å²) < 4.78 is 19.9. The molecule has 0 aliphatic rings. The van der Waals surface area contributed by atoms with Crippen molar-refractivity contribution in [3.05, 3.63) is 70.8 Å². The van der Waals surface area contributed by atoms with Gasteiger partial charge in [-0.05, 0) is 24.3 Å². The number of nitrogens with zero attached hydrogens (tertiary/aromatic N) is 5. The zero-order valence-electron chi connectivity index (χ0n) is 15.3. The van der Waals surface area contributed by atoms with Gasteiger partial charge in [0, 0.05) is 6.07 Å². The maximum atomic E-state index is 13.3. The van der Waals surface area contributed by atoms with Crippen LogP contribution < -0.4 is 21.3 Å². The Kier molecular flexibility index (Phi) is 4.73. The molecule has 0 radical (unpaired) electrons. The molecule has 4 aromatic rings. The predicted molar refractivity (Wildman–Crippen MR) is 106 cm³/mol. The van der Waals surface area contributed by atoms with Gasteiger partial charge in [-0.2, -0.15) is 15.0 Å². The fraction of sp³-hybridized carbons (Fsp3) is 0.105. The average molecular weight is 393 g/mol. The number of nitrogen functional groups attached to an aromatic ring is 1. The van der Waals surface area contributed by atoms with E-state index >= 15 is 0 Å². The van der Waals surface area contributed by atoms with Crippen molar-refractivity contribution in [1.82, 2.24) is 24.5 Å². The van der Waals surface area contributed by atoms with E-state index in [-0.39, 0.29) is 35.3 Å². The normalized spacial score (nSPS) is 10.8. The third-order valence-electron chi connectivity index (χ3n) is 4.15. The molecule has 3 N–H and O–H groups in total. The van der Waals surface area contributed by atoms with Gasteiger partial charge in [0.1, 0.15) is 11.6 Å². The van der Waals surface area contributed by atoms with Crippen molar-refractivity contribution in [3.8, 4) is 5.75 Å². The second-order valence-corrected chi connectivity index (χ2v) is 6.10. The molecule has 0 saturated heterocycles. The van der Waals surface area contributed by atoms with Gasteiger partial charge in [-0.1, -0.05) is 12.1 Å². The van der Waals surface area contributed by atoms with Crippen molar-refractivity contribution in [1.29, 1.82) is 0 Å². The maximum Gasteiger partial charge on any atom is 0.261 e. The monoisotopic (exact) mass is 393 g/mol. The lowest BCUT2D eigenvalue weighted by atomic mass is 10.2. The Morgan fingerprint density at radius 2 is 2.00 bits per heavy atom. The van der Waals surface area contributed by atoms with Crippen LogP contribution in [0.1, 0.15) is 5.82 Å². The molecular weight excluding hydrogens is 377 g/mol. The quantitative estimate of drug-likeness (QED) is 0.529. The minimum absolute atomic E-state index is 0.00346. The van der Waals surface area contributed by atoms with Crippen molar-refractivity contribution < 1.29 is 9.13 Å². The van der Waals surface area contributed by atoms with E-state index in [0.717, 1.165) is 0 Å². The molecule has 2 aromatic heterocycles. The van der Waals surface area contributed by atoms with Crippen LogP contribution in [0.3, 0.4) is 0 Å². The lowest BCUT2D eigenvalue weighted by Gasteiger charge is -2.11. The third kappa shape index (κ3) is 3.81. The van der Waals surface area contributed by atoms with E-state index in [1.165, 1.54) is 29.1 Å². The molecule has 2 heterocycles. The molecule has 0 unspecified atom stereocenters. The smallest absolute Gasteiger partial charge is 0.261 e. The highest BCUT2D eigenvalue weighted by molar-refractivity contribution is 5.77. The molecule has 0 amide bonds. The Labute approximate surface area is 164 Å². The summed E-state index contributed by atoms with van der Waals surface area (Å²) in [5.41, 5.74) is 6.39. The van der Waals surface area contributed by atoms with Gasteiger partial charge < -0.3 is 15.8 Å². The van der Waals surface area contributed by atoms with E-state index in [2.05, 4.69) is 25.3 Å². The van der Waals surface area contributed by atoms with Crippen LogP contribution in [-0.4, -0.2) is 31.6 Å². The number of nitrogens with one attached hydrogen (secondary N) is 1. The molecule has 0 saturated carbocycles. The van der Waals surface area contributed by atoms with Gasteiger partial charge in [-0.15, -0.1) is 0 Å². The van der Waals surface area contributed by atoms with Crippen molar-refractivity contribution in [2.75, 3.05) is 18.2 Å². The molecule has 0 atom stereocenters. The first-order chi connectivity index (χ1) is 14.0. The standard InChI is InChI=1S/C19H16FN7O2/c1-29-15-5-3-2-4-13(15)23-19-25-16(24-18(21)26-19)9-27-10-22-14-8-11(20)6-7-12(14)17(27)28/h2-8,10H,9H2,1H3,(H3,21,23,24,25,26). The summed E-state index contributed by atoms with van der Waals surface area (Å²) in [6.07, 6.45) is 1.32. The highest BCUT2D eigenvalue weighted by Gasteiger charge is 2.11. The molecule has 29 heavy (non-hydrogen) atoms. The summed E-state index contributed by atoms with van der Waals surface area (Å²) in [5, 5.41) is 3.32. The minimum Gasteiger partial charge on any atom is -0.495 e. The Hall–Kier alpha value is -4.08. The Balaban J connectivity index is 1.66. The summed E-state index contributed by atoms with van der Waals surface area (Å²) in [6, 6.07) is 11.1. The van der Waals surface area contributed by atoms with E-state index in [1.807, 2.05) is 12.1 Å². The zero-order chi connectivity index (χ0) is 20.4. The predicted octanol–water partition coefficient (Wildman–Crippen LogP) is 2.10. The Morgan fingerprint density at radius 1 is 1.17 bits per heavy atom. The fourth-order valence-corrected chi connectivity index (χ4v) is 2.83. The molecule has 0 aliphatic carbocycles. The SMILES string of the molecule is COc1ccccc1Nc1nc(N)nc(Cn2cnc3cc(F)ccc3c2=O)n1. The number of nitrogens with two attached hydrogens (primary N) is 1. The molecule has 0 aliphatic heterocycles. The highest BCUT2D eigenvalue weighted by Crippen LogP contribution is 2.25. The van der Waals surface area contributed by atoms with Gasteiger partial charge in [0.05, 0.1) is 36.6 Å². The second-order valence-electron chi connectivity index (χ2n) is 6.10. The molecule has 10 heteroatoms. The van der Waals surface area contributed by atoms with Crippen LogP contribution in [0.15, 0.2) is 53.6 Å². The number of halogens is 1. The van der Waals surface area contributed by atoms with Crippen LogP contribution in [-0.2, 0) is 6.54 Å². The average Bonchev–Trinajstić information content (AvgIpc) is 2.70. The van der Waals surface area contributed by atoms with Crippen LogP contribution >= 0.6 is 0 Å². The topological polar surface area (TPSA) is 121 Å². The number of benzene rings is 2. The number of hydrogen-bond donors (Lipinski definition) is 2. The third-order valence-corrected chi connectivity index (χ3v) is 4.15. The van der Waals surface area contributed by atoms with Crippen molar-refractivity contribution in [3.63, 3.8) is 0 Å². The van der Waals surface area contributed by atoms with Crippen molar-refractivity contribution in [2.24, 2.45) is 0 Å². The lowest BCUT2D eigenvalue weighted by molar-refractivity contribution is 0.417. The summed E-state index contributed by atoms with van der Waals surface area (Å²) in [5.74, 6) is 0.618. The largest absolute Gasteiger partial charge is 0.495 e. The van der Waals surface area contributed by atoms with E-state index in [4.69, 9.17) is 10.5 Å². The van der Waals surface area contributed by atoms with E-state index in [9.17, 15) is 9.18 Å². The number of methoxy groups -OCH3 is 1. The summed E-state index contributed by atoms with van der Waals surface area (Å²) in [7, 11) is 1.55. The van der Waals surface area contributed by atoms with Gasteiger partial charge in [0.2, 0.25) is 11.9 Å². The number of rotatable bonds is 5. The zero-order valence-corrected chi connectivity index (χ0v) is 15.3. The lowest BCUT2D eigenvalue weighted by Crippen LogP contribution is -2.23. The first-order valence-electron chi connectivity index (χ1n) is 8.58. The van der Waals surface area contributed by atoms with Gasteiger partial charge in [-0.3, -0.25) is 9.36 Å². The van der Waals surface area contributed by atoms with Crippen molar-refractivity contribution >= 4 is 28.5 Å². The van der Waals surface area contributed by atoms with E-state index in [0.29, 0.717) is 16.8 Å². The molecule has 9 nitrogen and oxygen atoms in total. The number of anilines is 3. The highest BCUT2D eigenvalue weighted by atomic mass is 19.1. The Bertz CT molecular complexity index is 1260. The molecular formula is C19H16FN7O2. The van der Waals surface area contributed by atoms with Gasteiger partial charge >= 0.3 is 0 Å². The summed E-state index contributed by atoms with van der Waals surface area (Å²) >= 11 is 0. The van der Waals surface area contributed by atoms with Gasteiger partial charge in [-0.25, -0.2) is 9.37 Å². The molecule has 4 rings (SSSR count). The molecule has 2 aromatic carbocycles. The molecule has 0 spiro atoms. The number of para-hydroxylation sites is 2. The van der Waals surface area contributed by atoms with Crippen LogP contribution in [0.2, 0.25) is 0 Å². The van der Waals surface area contributed by atoms with E-state index < -0.39 is 5.82 Å². The van der Waals surface area contributed by atoms with Crippen molar-refractivity contribution in [2.45, 2.75) is 6.54 Å². The van der Waals surface area contributed by atoms with Crippen LogP contribution in [0.5, 0.6) is 5.75 Å². The van der Waals surface area contributed by atoms with E-state index in [1.54, 1.807) is 19.2 Å². The Morgan fingerprint density at radius 3 is 2.83 bits per heavy atom. The van der Waals surface area contributed by atoms with Crippen LogP contribution in [0.25, 0.3) is 10.9 Å². The first kappa shape index (κ1) is 18.3. The van der Waals surface area contributed by atoms with Crippen LogP contribution in [0, 0.1) is 5.82 Å². The summed E-state index contributed by atoms with van der Waals surface area (Å²) in [6.45, 7) is 0.0203. The number of ether oxygens (including phenoxy) is 1. The van der Waals surface area contributed by atoms with Gasteiger partial charge in [0.25, 0.3) is 5.56 Å². The first-order valence-corrected chi connectivity index (χ1v) is 8.58. The minimum atomic E-state index is -0.459. The maximum absolute atomic E-state index is 13.3.